The first-order valence-electron chi connectivity index (χ1n) is 29.8. The SMILES string of the molecule is Brc1ccc2c(c1)-c1cc3ccccc3cc1C2.CC(C)(C)[O-].CC1(C)c2ccc(Br)cc2-c2cc3ccccc3cc21.CC[O-].CI.COc1ccccc1OC.NN.O.O=C1CCc2cc(Br)ccc21.O=C1c2ccc(Br)cc2-c2cc3ccccc3cc21.O=CO[O-].[2HH].[H-].[K+].[K+].[K+].[Na+]. The molecule has 0 aromatic heterocycles. The predicted octanol–water partition coefficient (Wildman–Crippen LogP) is 5.54. The molecule has 0 heterocycles. The Labute approximate surface area is 782 Å². The fraction of sp³-hybridized carbons (Fsp3) is 0.192. The molecule has 11 aromatic rings. The van der Waals surface area contributed by atoms with E-state index in [2.05, 4.69) is 238 Å². The van der Waals surface area contributed by atoms with Crippen molar-refractivity contribution in [1.82, 2.24) is 0 Å². The van der Waals surface area contributed by atoms with Gasteiger partial charge in [0.15, 0.2) is 23.1 Å². The van der Waals surface area contributed by atoms with Gasteiger partial charge in [-0.25, -0.2) is 0 Å². The number of ketones is 2. The van der Waals surface area contributed by atoms with E-state index in [9.17, 15) is 14.7 Å². The summed E-state index contributed by atoms with van der Waals surface area (Å²) >= 11 is 16.2. The predicted molar refractivity (Wildman–Crippen MR) is 409 cm³/mol. The Morgan fingerprint density at radius 2 is 0.848 bits per heavy atom. The van der Waals surface area contributed by atoms with E-state index < -0.39 is 5.60 Å². The fourth-order valence-electron chi connectivity index (χ4n) is 11.2. The molecule has 0 fully saturated rings. The molecule has 12 nitrogen and oxygen atoms in total. The number of rotatable bonds is 3. The first-order valence-corrected chi connectivity index (χ1v) is 35.2. The van der Waals surface area contributed by atoms with Crippen molar-refractivity contribution in [2.45, 2.75) is 71.8 Å². The largest absolute Gasteiger partial charge is 1.00 e. The summed E-state index contributed by atoms with van der Waals surface area (Å²) in [7, 11) is 3.25. The summed E-state index contributed by atoms with van der Waals surface area (Å²) in [5.41, 5.74) is 16.4. The number of Topliss-reactive ketones (excluding diaryl/α,β-unsaturated/α-hetero) is 1. The van der Waals surface area contributed by atoms with Gasteiger partial charge in [0, 0.05) is 47.8 Å². The van der Waals surface area contributed by atoms with Gasteiger partial charge in [-0.3, -0.25) is 26.1 Å². The minimum absolute atomic E-state index is 0. The number of fused-ring (bicyclic) bond motifs is 13. The molecule has 500 valence electrons. The molecule has 0 radical (unpaired) electrons. The molecule has 0 amide bonds. The van der Waals surface area contributed by atoms with Gasteiger partial charge in [-0.05, 0) is 208 Å². The zero-order chi connectivity index (χ0) is 68.9. The Bertz CT molecular complexity index is 4430. The van der Waals surface area contributed by atoms with E-state index >= 15 is 0 Å². The summed E-state index contributed by atoms with van der Waals surface area (Å²) in [5, 5.41) is 35.0. The monoisotopic (exact) mass is 1790 g/mol. The van der Waals surface area contributed by atoms with Gasteiger partial charge in [0.25, 0.3) is 6.47 Å². The Morgan fingerprint density at radius 3 is 1.32 bits per heavy atom. The van der Waals surface area contributed by atoms with E-state index in [4.69, 9.17) is 24.6 Å². The Kier molecular flexibility index (Phi) is 46.1. The first kappa shape index (κ1) is 95.9. The van der Waals surface area contributed by atoms with Gasteiger partial charge >= 0.3 is 184 Å². The maximum Gasteiger partial charge on any atom is 1.00 e. The summed E-state index contributed by atoms with van der Waals surface area (Å²) in [6.07, 6.45) is 2.65. The normalized spacial score (nSPS) is 11.5. The van der Waals surface area contributed by atoms with Crippen molar-refractivity contribution in [3.05, 3.63) is 269 Å². The van der Waals surface area contributed by atoms with Gasteiger partial charge < -0.3 is 36.7 Å². The van der Waals surface area contributed by atoms with Gasteiger partial charge in [-0.15, -0.1) is 12.2 Å². The zero-order valence-corrected chi connectivity index (χ0v) is 78.1. The number of nitrogens with two attached hydrogens (primary N) is 2. The molecular weight excluding hydrogens is 1710 g/mol. The van der Waals surface area contributed by atoms with E-state index in [1.807, 2.05) is 89.9 Å². The van der Waals surface area contributed by atoms with E-state index in [1.54, 1.807) is 41.9 Å². The van der Waals surface area contributed by atoms with Crippen molar-refractivity contribution < 1.29 is 236 Å². The number of hydrogen-bond donors (Lipinski definition) is 2. The average molecular weight is 1790 g/mol. The number of hydrogen-bond acceptors (Lipinski definition) is 11. The second-order valence-electron chi connectivity index (χ2n) is 22.8. The molecule has 0 unspecified atom stereocenters. The number of halogens is 5. The van der Waals surface area contributed by atoms with Crippen molar-refractivity contribution >= 4 is 137 Å². The van der Waals surface area contributed by atoms with Crippen molar-refractivity contribution in [1.29, 1.82) is 0 Å². The van der Waals surface area contributed by atoms with Crippen LogP contribution in [0.2, 0.25) is 0 Å². The van der Waals surface area contributed by atoms with Crippen LogP contribution in [0.4, 0.5) is 0 Å². The van der Waals surface area contributed by atoms with E-state index in [0.717, 1.165) is 75.4 Å². The number of carbonyl (C=O) groups excluding carboxylic acids is 3. The number of alkyl halides is 1. The van der Waals surface area contributed by atoms with Crippen LogP contribution < -0.4 is 220 Å². The first-order chi connectivity index (χ1) is 45.1. The van der Waals surface area contributed by atoms with E-state index in [0.29, 0.717) is 6.42 Å². The van der Waals surface area contributed by atoms with Crippen molar-refractivity contribution in [3.8, 4) is 44.9 Å². The van der Waals surface area contributed by atoms with Crippen LogP contribution in [0.25, 0.3) is 65.7 Å². The van der Waals surface area contributed by atoms with Crippen LogP contribution in [0.3, 0.4) is 0 Å². The number of aryl methyl sites for hydroxylation is 1. The number of benzene rings is 11. The molecule has 4 aliphatic rings. The number of para-hydroxylation sites is 2. The molecule has 15 rings (SSSR count). The number of hydrazine groups is 1. The minimum Gasteiger partial charge on any atom is -1.00 e. The summed E-state index contributed by atoms with van der Waals surface area (Å²) in [5.74, 6) is 9.95. The van der Waals surface area contributed by atoms with Crippen LogP contribution in [0, 0.1) is 0 Å². The molecular formula is C78H79Br4IK3N2NaO10. The minimum atomic E-state index is -0.750. The molecule has 0 saturated carbocycles. The summed E-state index contributed by atoms with van der Waals surface area (Å²) in [6, 6.07) is 71.2. The van der Waals surface area contributed by atoms with Gasteiger partial charge in [0.05, 0.1) is 14.2 Å². The van der Waals surface area contributed by atoms with Crippen LogP contribution in [0.1, 0.15) is 105 Å². The molecule has 99 heavy (non-hydrogen) atoms. The number of ether oxygens (including phenoxy) is 2. The van der Waals surface area contributed by atoms with Crippen LogP contribution in [0.15, 0.2) is 224 Å². The Morgan fingerprint density at radius 1 is 0.505 bits per heavy atom. The van der Waals surface area contributed by atoms with E-state index in [1.165, 1.54) is 77.0 Å². The van der Waals surface area contributed by atoms with Crippen LogP contribution >= 0.6 is 86.3 Å². The van der Waals surface area contributed by atoms with Crippen LogP contribution in [0.5, 0.6) is 11.5 Å². The summed E-state index contributed by atoms with van der Waals surface area (Å²) < 4.78 is 14.4. The second-order valence-corrected chi connectivity index (χ2v) is 26.5. The maximum absolute atomic E-state index is 12.4. The van der Waals surface area contributed by atoms with Gasteiger partial charge in [0.2, 0.25) is 0 Å². The van der Waals surface area contributed by atoms with Gasteiger partial charge in [-0.2, -0.15) is 0 Å². The molecule has 11 aromatic carbocycles. The zero-order valence-electron chi connectivity index (χ0n) is 59.3. The molecule has 0 spiro atoms. The molecule has 4 aliphatic carbocycles. The maximum atomic E-state index is 12.4. The average Bonchev–Trinajstić information content (AvgIpc) is 1.59. The molecule has 6 N–H and O–H groups in total. The van der Waals surface area contributed by atoms with Crippen molar-refractivity contribution in [3.63, 3.8) is 0 Å². The topological polar surface area (TPSA) is 232 Å². The summed E-state index contributed by atoms with van der Waals surface area (Å²) in [6.45, 7) is 10.9. The third kappa shape index (κ3) is 26.7. The number of carbonyl (C=O) groups is 3. The molecule has 0 atom stereocenters. The molecule has 21 heteroatoms. The van der Waals surface area contributed by atoms with E-state index in [-0.39, 0.29) is 222 Å². The third-order valence-corrected chi connectivity index (χ3v) is 17.2. The van der Waals surface area contributed by atoms with Crippen molar-refractivity contribution in [2.24, 2.45) is 11.7 Å². The molecule has 0 bridgehead atoms. The van der Waals surface area contributed by atoms with Gasteiger partial charge in [0.1, 0.15) is 0 Å². The fourth-order valence-corrected chi connectivity index (χ4v) is 12.7. The van der Waals surface area contributed by atoms with Crippen molar-refractivity contribution in [2.75, 3.05) is 25.8 Å². The van der Waals surface area contributed by atoms with Gasteiger partial charge in [-0.1, -0.05) is 237 Å². The van der Waals surface area contributed by atoms with Crippen LogP contribution in [-0.2, 0) is 27.9 Å². The molecule has 0 aliphatic heterocycles. The standard InChI is InChI=1S/C19H15Br.C17H9BrO.C17H11Br.C9H7BrO.C8H10O2.C4H9O.C2H5O.CH3I.CH2O3.3K.H4N2.Na.H2O.H2.H/c1-19(2)17-8-7-14(20)11-16(17)15-9-12-5-3-4-6-13(12)10-18(15)19;18-12-5-6-13-15(9-12)14-7-10-3-1-2-4-11(10)8-16(14)17(13)19;18-15-6-5-13-8-14-7-11-3-1-2-4-12(11)9-16(14)17(13)10-15;10-7-2-3-8-6(5-7)1-4-9(8)11;1-9-7-5-3-4-6-8(7)10-2;1-4(2,3)5;1-2-3;1-2;2-1-4-3;;;;1-2;;;;/h3-11H,1-2H3;1-9H;1-7,9-10H,8H2;2-3,5H,1,4H2;3-6H,1-2H3;1-3H3;2H2,1H3;1H3;1,3H;;;;1-2H2;;1H2;1H;/q;;;;;2*-1;;;3*+1;;+1;;;-1/p-1/i;;;;;;;;;;;;;;;1+1;. The summed E-state index contributed by atoms with van der Waals surface area (Å²) in [4.78, 5) is 36.8. The second kappa shape index (κ2) is 47.6. The van der Waals surface area contributed by atoms with Crippen LogP contribution in [-0.4, -0.2) is 54.9 Å². The Hall–Kier alpha value is -1.07. The third-order valence-electron chi connectivity index (χ3n) is 15.2. The Balaban J connectivity index is 0. The number of methoxy groups -OCH3 is 2. The quantitative estimate of drug-likeness (QED) is 0.0424. The smallest absolute Gasteiger partial charge is 1.00 e. The molecule has 0 saturated heterocycles.